The van der Waals surface area contributed by atoms with Crippen LogP contribution in [0.1, 0.15) is 12.8 Å². The van der Waals surface area contributed by atoms with Crippen molar-refractivity contribution in [1.29, 1.82) is 0 Å². The van der Waals surface area contributed by atoms with Gasteiger partial charge < -0.3 is 20.1 Å². The SMILES string of the molecule is O=C(Nc1ccccc1)NC1CCN(CCn2ccc3ccccc32)CC1. The van der Waals surface area contributed by atoms with Crippen LogP contribution in [0.5, 0.6) is 0 Å². The molecule has 0 spiro atoms. The average molecular weight is 362 g/mol. The van der Waals surface area contributed by atoms with Crippen LogP contribution >= 0.6 is 0 Å². The van der Waals surface area contributed by atoms with Crippen LogP contribution in [0.25, 0.3) is 10.9 Å². The summed E-state index contributed by atoms with van der Waals surface area (Å²) in [5, 5.41) is 7.29. The van der Waals surface area contributed by atoms with E-state index in [1.165, 1.54) is 10.9 Å². The third-order valence-electron chi connectivity index (χ3n) is 5.29. The highest BCUT2D eigenvalue weighted by molar-refractivity contribution is 5.89. The summed E-state index contributed by atoms with van der Waals surface area (Å²) in [4.78, 5) is 14.6. The lowest BCUT2D eigenvalue weighted by atomic mass is 10.1. The normalized spacial score (nSPS) is 15.7. The Morgan fingerprint density at radius 3 is 2.48 bits per heavy atom. The van der Waals surface area contributed by atoms with Gasteiger partial charge in [0, 0.05) is 49.6 Å². The van der Waals surface area contributed by atoms with Crippen molar-refractivity contribution < 1.29 is 4.79 Å². The number of fused-ring (bicyclic) bond motifs is 1. The van der Waals surface area contributed by atoms with E-state index in [1.54, 1.807) is 0 Å². The second-order valence-electron chi connectivity index (χ2n) is 7.15. The van der Waals surface area contributed by atoms with Gasteiger partial charge in [-0.2, -0.15) is 0 Å². The Bertz CT molecular complexity index is 881. The standard InChI is InChI=1S/C22H26N4O/c27-22(23-19-7-2-1-3-8-19)24-20-11-13-25(14-12-20)16-17-26-15-10-18-6-4-5-9-21(18)26/h1-10,15,20H,11-14,16-17H2,(H2,23,24,27). The zero-order chi connectivity index (χ0) is 18.5. The Balaban J connectivity index is 1.21. The maximum Gasteiger partial charge on any atom is 0.319 e. The van der Waals surface area contributed by atoms with Crippen molar-refractivity contribution in [2.45, 2.75) is 25.4 Å². The number of hydrogen-bond acceptors (Lipinski definition) is 2. The molecule has 1 fully saturated rings. The van der Waals surface area contributed by atoms with Gasteiger partial charge in [-0.3, -0.25) is 0 Å². The predicted octanol–water partition coefficient (Wildman–Crippen LogP) is 3.93. The van der Waals surface area contributed by atoms with Crippen molar-refractivity contribution in [1.82, 2.24) is 14.8 Å². The Morgan fingerprint density at radius 1 is 0.926 bits per heavy atom. The molecule has 1 aromatic heterocycles. The summed E-state index contributed by atoms with van der Waals surface area (Å²) < 4.78 is 2.33. The summed E-state index contributed by atoms with van der Waals surface area (Å²) >= 11 is 0. The number of nitrogens with one attached hydrogen (secondary N) is 2. The summed E-state index contributed by atoms with van der Waals surface area (Å²) in [7, 11) is 0. The monoisotopic (exact) mass is 362 g/mol. The number of rotatable bonds is 5. The minimum atomic E-state index is -0.113. The molecule has 3 aromatic rings. The summed E-state index contributed by atoms with van der Waals surface area (Å²) in [6, 6.07) is 20.4. The number of urea groups is 1. The molecule has 27 heavy (non-hydrogen) atoms. The van der Waals surface area contributed by atoms with Gasteiger partial charge in [0.05, 0.1) is 0 Å². The third kappa shape index (κ3) is 4.49. The fourth-order valence-electron chi connectivity index (χ4n) is 3.76. The van der Waals surface area contributed by atoms with E-state index in [0.29, 0.717) is 0 Å². The van der Waals surface area contributed by atoms with Gasteiger partial charge in [-0.25, -0.2) is 4.79 Å². The lowest BCUT2D eigenvalue weighted by Crippen LogP contribution is -2.46. The van der Waals surface area contributed by atoms with Crippen LogP contribution in [0, 0.1) is 0 Å². The van der Waals surface area contributed by atoms with Crippen molar-refractivity contribution in [2.24, 2.45) is 0 Å². The summed E-state index contributed by atoms with van der Waals surface area (Å²) in [5.74, 6) is 0. The minimum Gasteiger partial charge on any atom is -0.346 e. The Morgan fingerprint density at radius 2 is 1.67 bits per heavy atom. The first-order valence-corrected chi connectivity index (χ1v) is 9.67. The van der Waals surface area contributed by atoms with Crippen molar-refractivity contribution in [3.63, 3.8) is 0 Å². The fourth-order valence-corrected chi connectivity index (χ4v) is 3.76. The van der Waals surface area contributed by atoms with E-state index >= 15 is 0 Å². The molecule has 2 heterocycles. The number of benzene rings is 2. The van der Waals surface area contributed by atoms with Crippen LogP contribution in [-0.2, 0) is 6.54 Å². The second kappa shape index (κ2) is 8.27. The number of carbonyl (C=O) groups excluding carboxylic acids is 1. The van der Waals surface area contributed by atoms with E-state index in [9.17, 15) is 4.79 Å². The van der Waals surface area contributed by atoms with Crippen LogP contribution in [0.3, 0.4) is 0 Å². The molecule has 140 valence electrons. The summed E-state index contributed by atoms with van der Waals surface area (Å²) in [5.41, 5.74) is 2.12. The summed E-state index contributed by atoms with van der Waals surface area (Å²) in [6.07, 6.45) is 4.16. The molecule has 2 aromatic carbocycles. The van der Waals surface area contributed by atoms with Crippen molar-refractivity contribution in [3.05, 3.63) is 66.9 Å². The highest BCUT2D eigenvalue weighted by Gasteiger charge is 2.20. The van der Waals surface area contributed by atoms with Crippen LogP contribution in [0.15, 0.2) is 66.9 Å². The van der Waals surface area contributed by atoms with Crippen LogP contribution in [0.2, 0.25) is 0 Å². The largest absolute Gasteiger partial charge is 0.346 e. The zero-order valence-electron chi connectivity index (χ0n) is 15.5. The van der Waals surface area contributed by atoms with Crippen LogP contribution < -0.4 is 10.6 Å². The van der Waals surface area contributed by atoms with Gasteiger partial charge in [0.2, 0.25) is 0 Å². The number of para-hydroxylation sites is 2. The lowest BCUT2D eigenvalue weighted by molar-refractivity contribution is 0.191. The Hall–Kier alpha value is -2.79. The van der Waals surface area contributed by atoms with Gasteiger partial charge in [-0.1, -0.05) is 36.4 Å². The average Bonchev–Trinajstić information content (AvgIpc) is 3.11. The van der Waals surface area contributed by atoms with Crippen molar-refractivity contribution in [2.75, 3.05) is 25.0 Å². The Labute approximate surface area is 160 Å². The van der Waals surface area contributed by atoms with Gasteiger partial charge >= 0.3 is 6.03 Å². The molecule has 1 aliphatic heterocycles. The van der Waals surface area contributed by atoms with E-state index in [2.05, 4.69) is 56.6 Å². The molecule has 0 unspecified atom stereocenters. The van der Waals surface area contributed by atoms with Gasteiger partial charge in [0.25, 0.3) is 0 Å². The molecule has 2 amide bonds. The molecular formula is C22H26N4O. The second-order valence-corrected chi connectivity index (χ2v) is 7.15. The van der Waals surface area contributed by atoms with Crippen LogP contribution in [-0.4, -0.2) is 41.2 Å². The highest BCUT2D eigenvalue weighted by Crippen LogP contribution is 2.16. The highest BCUT2D eigenvalue weighted by atomic mass is 16.2. The molecule has 0 atom stereocenters. The minimum absolute atomic E-state index is 0.113. The van der Waals surface area contributed by atoms with E-state index in [0.717, 1.165) is 44.7 Å². The first-order chi connectivity index (χ1) is 13.3. The molecule has 4 rings (SSSR count). The molecule has 1 aliphatic rings. The maximum absolute atomic E-state index is 12.1. The van der Waals surface area contributed by atoms with E-state index in [1.807, 2.05) is 30.3 Å². The van der Waals surface area contributed by atoms with Gasteiger partial charge in [0.15, 0.2) is 0 Å². The van der Waals surface area contributed by atoms with E-state index < -0.39 is 0 Å². The maximum atomic E-state index is 12.1. The van der Waals surface area contributed by atoms with Crippen LogP contribution in [0.4, 0.5) is 10.5 Å². The first-order valence-electron chi connectivity index (χ1n) is 9.67. The topological polar surface area (TPSA) is 49.3 Å². The number of amides is 2. The van der Waals surface area contributed by atoms with Gasteiger partial charge in [0.1, 0.15) is 0 Å². The molecule has 5 nitrogen and oxygen atoms in total. The predicted molar refractivity (Wildman–Crippen MR) is 110 cm³/mol. The molecule has 0 aliphatic carbocycles. The lowest BCUT2D eigenvalue weighted by Gasteiger charge is -2.32. The smallest absolute Gasteiger partial charge is 0.319 e. The number of nitrogens with zero attached hydrogens (tertiary/aromatic N) is 2. The molecule has 0 saturated carbocycles. The number of hydrogen-bond donors (Lipinski definition) is 2. The van der Waals surface area contributed by atoms with Crippen molar-refractivity contribution in [3.8, 4) is 0 Å². The number of aromatic nitrogens is 1. The van der Waals surface area contributed by atoms with E-state index in [-0.39, 0.29) is 12.1 Å². The quantitative estimate of drug-likeness (QED) is 0.723. The fraction of sp³-hybridized carbons (Fsp3) is 0.318. The number of piperidine rings is 1. The van der Waals surface area contributed by atoms with Gasteiger partial charge in [-0.05, 0) is 42.5 Å². The van der Waals surface area contributed by atoms with E-state index in [4.69, 9.17) is 0 Å². The van der Waals surface area contributed by atoms with Crippen molar-refractivity contribution >= 4 is 22.6 Å². The number of likely N-dealkylation sites (tertiary alicyclic amines) is 1. The number of carbonyl (C=O) groups is 1. The zero-order valence-corrected chi connectivity index (χ0v) is 15.5. The third-order valence-corrected chi connectivity index (χ3v) is 5.29. The molecule has 2 N–H and O–H groups in total. The molecule has 0 bridgehead atoms. The first kappa shape index (κ1) is 17.6. The molecule has 1 saturated heterocycles. The molecular weight excluding hydrogens is 336 g/mol. The Kier molecular flexibility index (Phi) is 5.39. The van der Waals surface area contributed by atoms with Gasteiger partial charge in [-0.15, -0.1) is 0 Å². The number of anilines is 1. The molecule has 0 radical (unpaired) electrons. The molecule has 5 heteroatoms. The summed E-state index contributed by atoms with van der Waals surface area (Å²) in [6.45, 7) is 4.09.